The van der Waals surface area contributed by atoms with E-state index >= 15 is 0 Å². The van der Waals surface area contributed by atoms with E-state index in [1.54, 1.807) is 59.6 Å². The SMILES string of the molecule is N#Cc1cccc(-n2c(=O)c3ccccc3n(CCCn3ccnc3)c2=O)c1. The Balaban J connectivity index is 1.85. The van der Waals surface area contributed by atoms with Gasteiger partial charge in [-0.15, -0.1) is 0 Å². The van der Waals surface area contributed by atoms with Crippen LogP contribution in [-0.2, 0) is 13.1 Å². The van der Waals surface area contributed by atoms with Gasteiger partial charge in [0.2, 0.25) is 0 Å². The third kappa shape index (κ3) is 3.12. The van der Waals surface area contributed by atoms with E-state index in [1.807, 2.05) is 22.9 Å². The number of hydrogen-bond donors (Lipinski definition) is 0. The molecule has 2 heterocycles. The fourth-order valence-electron chi connectivity index (χ4n) is 3.31. The molecule has 0 unspecified atom stereocenters. The minimum Gasteiger partial charge on any atom is -0.337 e. The summed E-state index contributed by atoms with van der Waals surface area (Å²) >= 11 is 0. The molecule has 0 aliphatic carbocycles. The number of aryl methyl sites for hydroxylation is 2. The van der Waals surface area contributed by atoms with E-state index in [-0.39, 0.29) is 5.56 Å². The Hall–Kier alpha value is -3.92. The highest BCUT2D eigenvalue weighted by Crippen LogP contribution is 2.12. The number of imidazole rings is 1. The molecule has 7 nitrogen and oxygen atoms in total. The highest BCUT2D eigenvalue weighted by atomic mass is 16.2. The Morgan fingerprint density at radius 3 is 2.68 bits per heavy atom. The van der Waals surface area contributed by atoms with E-state index in [2.05, 4.69) is 4.98 Å². The molecule has 0 aliphatic rings. The van der Waals surface area contributed by atoms with Crippen molar-refractivity contribution in [3.8, 4) is 11.8 Å². The average molecular weight is 371 g/mol. The molecule has 0 radical (unpaired) electrons. The van der Waals surface area contributed by atoms with Crippen LogP contribution in [0, 0.1) is 11.3 Å². The zero-order valence-electron chi connectivity index (χ0n) is 15.0. The summed E-state index contributed by atoms with van der Waals surface area (Å²) in [6.45, 7) is 1.17. The van der Waals surface area contributed by atoms with Gasteiger partial charge in [-0.2, -0.15) is 5.26 Å². The lowest BCUT2D eigenvalue weighted by molar-refractivity contribution is 0.549. The van der Waals surface area contributed by atoms with E-state index in [1.165, 1.54) is 0 Å². The molecule has 0 N–H and O–H groups in total. The van der Waals surface area contributed by atoms with Crippen LogP contribution in [0.3, 0.4) is 0 Å². The Kier molecular flexibility index (Phi) is 4.60. The predicted octanol–water partition coefficient (Wildman–Crippen LogP) is 2.31. The smallest absolute Gasteiger partial charge is 0.336 e. The van der Waals surface area contributed by atoms with Crippen LogP contribution in [0.25, 0.3) is 16.6 Å². The molecule has 7 heteroatoms. The molecule has 2 aromatic heterocycles. The van der Waals surface area contributed by atoms with Crippen LogP contribution in [0.2, 0.25) is 0 Å². The molecule has 0 spiro atoms. The number of fused-ring (bicyclic) bond motifs is 1. The Morgan fingerprint density at radius 1 is 1.04 bits per heavy atom. The van der Waals surface area contributed by atoms with Crippen molar-refractivity contribution in [2.75, 3.05) is 0 Å². The zero-order chi connectivity index (χ0) is 19.5. The molecule has 0 fully saturated rings. The van der Waals surface area contributed by atoms with Gasteiger partial charge >= 0.3 is 5.69 Å². The second kappa shape index (κ2) is 7.37. The van der Waals surface area contributed by atoms with Crippen LogP contribution in [0.5, 0.6) is 0 Å². The van der Waals surface area contributed by atoms with Crippen molar-refractivity contribution in [3.05, 3.63) is 93.7 Å². The number of rotatable bonds is 5. The van der Waals surface area contributed by atoms with Gasteiger partial charge in [0.15, 0.2) is 0 Å². The van der Waals surface area contributed by atoms with E-state index in [4.69, 9.17) is 5.26 Å². The minimum absolute atomic E-state index is 0.387. The van der Waals surface area contributed by atoms with Crippen LogP contribution in [0.4, 0.5) is 0 Å². The van der Waals surface area contributed by atoms with Gasteiger partial charge in [-0.25, -0.2) is 14.3 Å². The van der Waals surface area contributed by atoms with Gasteiger partial charge in [0.1, 0.15) is 0 Å². The summed E-state index contributed by atoms with van der Waals surface area (Å²) in [6.07, 6.45) is 6.02. The normalized spacial score (nSPS) is 10.8. The fraction of sp³-hybridized carbons (Fsp3) is 0.143. The largest absolute Gasteiger partial charge is 0.337 e. The lowest BCUT2D eigenvalue weighted by Gasteiger charge is -2.14. The van der Waals surface area contributed by atoms with Gasteiger partial charge in [0.05, 0.1) is 34.6 Å². The Morgan fingerprint density at radius 2 is 1.89 bits per heavy atom. The van der Waals surface area contributed by atoms with Crippen LogP contribution in [-0.4, -0.2) is 18.7 Å². The maximum atomic E-state index is 13.2. The van der Waals surface area contributed by atoms with E-state index in [9.17, 15) is 9.59 Å². The first-order valence-corrected chi connectivity index (χ1v) is 8.90. The third-order valence-electron chi connectivity index (χ3n) is 4.64. The first kappa shape index (κ1) is 17.5. The van der Waals surface area contributed by atoms with Crippen molar-refractivity contribution >= 4 is 10.9 Å². The summed E-state index contributed by atoms with van der Waals surface area (Å²) in [5.41, 5.74) is 0.591. The van der Waals surface area contributed by atoms with Gasteiger partial charge in [0.25, 0.3) is 5.56 Å². The highest BCUT2D eigenvalue weighted by molar-refractivity contribution is 5.78. The number of nitriles is 1. The topological polar surface area (TPSA) is 85.6 Å². The zero-order valence-corrected chi connectivity index (χ0v) is 15.0. The maximum Gasteiger partial charge on any atom is 0.336 e. The fourth-order valence-corrected chi connectivity index (χ4v) is 3.31. The minimum atomic E-state index is -0.413. The highest BCUT2D eigenvalue weighted by Gasteiger charge is 2.14. The van der Waals surface area contributed by atoms with Gasteiger partial charge in [-0.1, -0.05) is 18.2 Å². The van der Waals surface area contributed by atoms with E-state index in [0.29, 0.717) is 41.7 Å². The van der Waals surface area contributed by atoms with Crippen molar-refractivity contribution in [2.45, 2.75) is 19.5 Å². The monoisotopic (exact) mass is 371 g/mol. The first-order valence-electron chi connectivity index (χ1n) is 8.90. The Bertz CT molecular complexity index is 1290. The number of hydrogen-bond acceptors (Lipinski definition) is 4. The number of benzene rings is 2. The maximum absolute atomic E-state index is 13.2. The van der Waals surface area contributed by atoms with Crippen LogP contribution >= 0.6 is 0 Å². The van der Waals surface area contributed by atoms with Crippen molar-refractivity contribution in [1.29, 1.82) is 5.26 Å². The van der Waals surface area contributed by atoms with Gasteiger partial charge < -0.3 is 4.57 Å². The lowest BCUT2D eigenvalue weighted by atomic mass is 10.2. The van der Waals surface area contributed by atoms with Crippen molar-refractivity contribution < 1.29 is 0 Å². The molecule has 0 aliphatic heterocycles. The van der Waals surface area contributed by atoms with E-state index in [0.717, 1.165) is 4.57 Å². The summed E-state index contributed by atoms with van der Waals surface area (Å²) in [5.74, 6) is 0. The van der Waals surface area contributed by atoms with Crippen molar-refractivity contribution in [2.24, 2.45) is 0 Å². The van der Waals surface area contributed by atoms with Crippen LogP contribution in [0.15, 0.2) is 76.8 Å². The molecule has 0 saturated carbocycles. The molecule has 138 valence electrons. The molecule has 0 atom stereocenters. The van der Waals surface area contributed by atoms with Crippen LogP contribution in [0.1, 0.15) is 12.0 Å². The molecule has 4 aromatic rings. The molecular weight excluding hydrogens is 354 g/mol. The molecule has 0 bridgehead atoms. The number of aromatic nitrogens is 4. The van der Waals surface area contributed by atoms with Crippen molar-refractivity contribution in [1.82, 2.24) is 18.7 Å². The predicted molar refractivity (Wildman–Crippen MR) is 105 cm³/mol. The lowest BCUT2D eigenvalue weighted by Crippen LogP contribution is -2.39. The first-order chi connectivity index (χ1) is 13.7. The number of nitrogens with zero attached hydrogens (tertiary/aromatic N) is 5. The molecule has 4 rings (SSSR count). The summed E-state index contributed by atoms with van der Waals surface area (Å²) in [4.78, 5) is 30.3. The van der Waals surface area contributed by atoms with Crippen LogP contribution < -0.4 is 11.2 Å². The summed E-state index contributed by atoms with van der Waals surface area (Å²) in [6, 6.07) is 15.6. The van der Waals surface area contributed by atoms with E-state index < -0.39 is 5.69 Å². The van der Waals surface area contributed by atoms with Gasteiger partial charge in [-0.05, 0) is 36.8 Å². The average Bonchev–Trinajstić information content (AvgIpc) is 3.24. The summed E-state index contributed by atoms with van der Waals surface area (Å²) in [5, 5.41) is 9.62. The summed E-state index contributed by atoms with van der Waals surface area (Å²) < 4.78 is 4.70. The molecule has 2 aromatic carbocycles. The summed E-state index contributed by atoms with van der Waals surface area (Å²) in [7, 11) is 0. The van der Waals surface area contributed by atoms with Gasteiger partial charge in [0, 0.05) is 25.5 Å². The molecule has 0 saturated heterocycles. The molecule has 28 heavy (non-hydrogen) atoms. The third-order valence-corrected chi connectivity index (χ3v) is 4.64. The Labute approximate surface area is 160 Å². The standard InChI is InChI=1S/C21H17N5O2/c22-14-16-5-3-6-17(13-16)26-20(27)18-7-1-2-8-19(18)25(21(26)28)11-4-10-24-12-9-23-15-24/h1-3,5-9,12-13,15H,4,10-11H2. The van der Waals surface area contributed by atoms with Crippen molar-refractivity contribution in [3.63, 3.8) is 0 Å². The molecule has 0 amide bonds. The number of para-hydroxylation sites is 1. The quantitative estimate of drug-likeness (QED) is 0.539. The molecular formula is C21H17N5O2. The van der Waals surface area contributed by atoms with Gasteiger partial charge in [-0.3, -0.25) is 9.36 Å². The second-order valence-corrected chi connectivity index (χ2v) is 6.41. The second-order valence-electron chi connectivity index (χ2n) is 6.41.